The molecule has 0 aliphatic carbocycles. The predicted molar refractivity (Wildman–Crippen MR) is 67.9 cm³/mol. The van der Waals surface area contributed by atoms with E-state index in [-0.39, 0.29) is 12.0 Å². The van der Waals surface area contributed by atoms with Gasteiger partial charge in [0.1, 0.15) is 0 Å². The molecule has 4 N–H and O–H groups in total. The van der Waals surface area contributed by atoms with Crippen LogP contribution in [0.3, 0.4) is 0 Å². The third-order valence-electron chi connectivity index (χ3n) is 2.68. The highest BCUT2D eigenvalue weighted by Gasteiger charge is 2.41. The number of phosphoric ester groups is 1. The molecule has 1 saturated heterocycles. The van der Waals surface area contributed by atoms with Crippen LogP contribution in [-0.4, -0.2) is 38.4 Å². The minimum Gasteiger partial charge on any atom is -0.373 e. The Kier molecular flexibility index (Phi) is 6.35. The van der Waals surface area contributed by atoms with E-state index in [1.807, 2.05) is 13.8 Å². The molecule has 0 radical (unpaired) electrons. The zero-order valence-corrected chi connectivity index (χ0v) is 13.8. The second kappa shape index (κ2) is 6.86. The van der Waals surface area contributed by atoms with Gasteiger partial charge in [-0.3, -0.25) is 4.52 Å². The molecule has 0 aromatic heterocycles. The molecule has 0 bridgehead atoms. The fraction of sp³-hybridized carbons (Fsp3) is 1.00. The van der Waals surface area contributed by atoms with Gasteiger partial charge in [0, 0.05) is 0 Å². The monoisotopic (exact) mass is 370 g/mol. The fourth-order valence-corrected chi connectivity index (χ4v) is 4.74. The Hall–Kier alpha value is 0.370. The van der Waals surface area contributed by atoms with Crippen molar-refractivity contribution in [1.29, 1.82) is 0 Å². The zero-order valence-electron chi connectivity index (χ0n) is 11.1. The summed E-state index contributed by atoms with van der Waals surface area (Å²) < 4.78 is 49.9. The van der Waals surface area contributed by atoms with E-state index in [2.05, 4.69) is 13.1 Å². The van der Waals surface area contributed by atoms with Gasteiger partial charge in [-0.15, -0.1) is 0 Å². The first-order valence-electron chi connectivity index (χ1n) is 5.73. The van der Waals surface area contributed by atoms with Crippen LogP contribution < -0.4 is 0 Å². The maximum absolute atomic E-state index is 11.4. The molecule has 0 saturated carbocycles. The van der Waals surface area contributed by atoms with E-state index in [9.17, 15) is 18.6 Å². The minimum absolute atomic E-state index is 0.0699. The van der Waals surface area contributed by atoms with Gasteiger partial charge in [-0.05, 0) is 19.3 Å². The summed E-state index contributed by atoms with van der Waals surface area (Å²) in [4.78, 5) is 34.9. The molecular weight excluding hydrogens is 353 g/mol. The number of ether oxygens (including phenoxy) is 1. The van der Waals surface area contributed by atoms with Crippen molar-refractivity contribution >= 4 is 23.5 Å². The summed E-state index contributed by atoms with van der Waals surface area (Å²) in [5.41, 5.74) is 0. The molecule has 14 heteroatoms. The lowest BCUT2D eigenvalue weighted by Crippen LogP contribution is -2.15. The lowest BCUT2D eigenvalue weighted by molar-refractivity contribution is 0.0138. The van der Waals surface area contributed by atoms with Gasteiger partial charge in [-0.2, -0.15) is 8.62 Å². The van der Waals surface area contributed by atoms with Crippen LogP contribution in [0.4, 0.5) is 0 Å². The van der Waals surface area contributed by atoms with Crippen molar-refractivity contribution in [3.8, 4) is 0 Å². The van der Waals surface area contributed by atoms with Crippen molar-refractivity contribution < 1.29 is 51.2 Å². The second-order valence-corrected chi connectivity index (χ2v) is 8.98. The summed E-state index contributed by atoms with van der Waals surface area (Å²) in [6.07, 6.45) is -0.0175. The molecule has 0 aromatic carbocycles. The highest BCUT2D eigenvalue weighted by molar-refractivity contribution is 7.66. The van der Waals surface area contributed by atoms with Gasteiger partial charge in [0.2, 0.25) is 0 Å². The normalized spacial score (nSPS) is 32.6. The largest absolute Gasteiger partial charge is 0.490 e. The molecule has 21 heavy (non-hydrogen) atoms. The molecule has 1 rings (SSSR count). The molecule has 0 amide bonds. The van der Waals surface area contributed by atoms with Crippen LogP contribution in [0.5, 0.6) is 0 Å². The van der Waals surface area contributed by atoms with Gasteiger partial charge in [0.25, 0.3) is 0 Å². The summed E-state index contributed by atoms with van der Waals surface area (Å²) >= 11 is 0. The summed E-state index contributed by atoms with van der Waals surface area (Å²) in [6.45, 7) is 3.34. The van der Waals surface area contributed by atoms with Crippen LogP contribution in [0.25, 0.3) is 0 Å². The van der Waals surface area contributed by atoms with E-state index in [1.165, 1.54) is 0 Å². The molecule has 11 nitrogen and oxygen atoms in total. The van der Waals surface area contributed by atoms with E-state index >= 15 is 0 Å². The van der Waals surface area contributed by atoms with Gasteiger partial charge >= 0.3 is 23.5 Å². The molecule has 5 atom stereocenters. The van der Waals surface area contributed by atoms with E-state index in [0.717, 1.165) is 0 Å². The first-order valence-corrected chi connectivity index (χ1v) is 10.3. The van der Waals surface area contributed by atoms with Crippen molar-refractivity contribution in [2.24, 2.45) is 5.92 Å². The number of hydrogen-bond acceptors (Lipinski definition) is 7. The summed E-state index contributed by atoms with van der Waals surface area (Å²) in [5, 5.41) is 0. The lowest BCUT2D eigenvalue weighted by Gasteiger charge is -2.17. The molecule has 1 aliphatic heterocycles. The lowest BCUT2D eigenvalue weighted by atomic mass is 10.0. The Balaban J connectivity index is 2.52. The van der Waals surface area contributed by atoms with Crippen LogP contribution in [0.15, 0.2) is 0 Å². The van der Waals surface area contributed by atoms with Crippen molar-refractivity contribution in [1.82, 2.24) is 0 Å². The number of phosphoric acid groups is 3. The van der Waals surface area contributed by atoms with Gasteiger partial charge in [-0.1, -0.05) is 6.92 Å². The average Bonchev–Trinajstić information content (AvgIpc) is 2.50. The van der Waals surface area contributed by atoms with Crippen LogP contribution in [-0.2, 0) is 31.6 Å². The highest BCUT2D eigenvalue weighted by atomic mass is 31.3. The van der Waals surface area contributed by atoms with Gasteiger partial charge in [0.05, 0.1) is 18.8 Å². The SMILES string of the molecule is C[C@@H]1O[C@H](COP(=O)(O)OP(=O)(O)OP(=O)(O)O)C[C@@H]1C. The number of rotatable bonds is 7. The van der Waals surface area contributed by atoms with E-state index < -0.39 is 36.2 Å². The first-order chi connectivity index (χ1) is 9.30. The molecular formula is C7H17O11P3. The summed E-state index contributed by atoms with van der Waals surface area (Å²) in [7, 11) is -15.9. The zero-order chi connectivity index (χ0) is 16.5. The Morgan fingerprint density at radius 3 is 2.05 bits per heavy atom. The maximum atomic E-state index is 11.4. The van der Waals surface area contributed by atoms with Crippen molar-refractivity contribution in [2.45, 2.75) is 32.5 Å². The van der Waals surface area contributed by atoms with E-state index in [1.54, 1.807) is 0 Å². The predicted octanol–water partition coefficient (Wildman–Crippen LogP) is 1.14. The van der Waals surface area contributed by atoms with Gasteiger partial charge in [0.15, 0.2) is 0 Å². The van der Waals surface area contributed by atoms with Crippen LogP contribution in [0.1, 0.15) is 20.3 Å². The van der Waals surface area contributed by atoms with Crippen LogP contribution >= 0.6 is 23.5 Å². The first kappa shape index (κ1) is 19.4. The van der Waals surface area contributed by atoms with Crippen LogP contribution in [0, 0.1) is 5.92 Å². The van der Waals surface area contributed by atoms with Crippen molar-refractivity contribution in [2.75, 3.05) is 6.61 Å². The summed E-state index contributed by atoms with van der Waals surface area (Å²) in [6, 6.07) is 0. The Morgan fingerprint density at radius 1 is 1.05 bits per heavy atom. The molecule has 126 valence electrons. The Labute approximate surface area is 120 Å². The Bertz CT molecular complexity index is 490. The van der Waals surface area contributed by atoms with Crippen LogP contribution in [0.2, 0.25) is 0 Å². The standard InChI is InChI=1S/C7H17O11P3/c1-5-3-7(16-6(5)2)4-15-20(11,12)18-21(13,14)17-19(8,9)10/h5-7H,3-4H2,1-2H3,(H,11,12)(H,13,14)(H2,8,9,10)/t5-,6-,7-/m0/s1. The van der Waals surface area contributed by atoms with E-state index in [0.29, 0.717) is 6.42 Å². The minimum atomic E-state index is -5.46. The Morgan fingerprint density at radius 2 is 1.62 bits per heavy atom. The summed E-state index contributed by atoms with van der Waals surface area (Å²) in [5.74, 6) is 0.208. The molecule has 1 heterocycles. The fourth-order valence-electron chi connectivity index (χ4n) is 1.69. The van der Waals surface area contributed by atoms with E-state index in [4.69, 9.17) is 19.4 Å². The molecule has 2 unspecified atom stereocenters. The van der Waals surface area contributed by atoms with Gasteiger partial charge in [-0.25, -0.2) is 13.7 Å². The molecule has 0 spiro atoms. The maximum Gasteiger partial charge on any atom is 0.490 e. The third kappa shape index (κ3) is 7.45. The molecule has 1 aliphatic rings. The average molecular weight is 370 g/mol. The van der Waals surface area contributed by atoms with Crippen molar-refractivity contribution in [3.05, 3.63) is 0 Å². The van der Waals surface area contributed by atoms with Gasteiger partial charge < -0.3 is 24.3 Å². The quantitative estimate of drug-likeness (QED) is 0.474. The number of hydrogen-bond donors (Lipinski definition) is 4. The van der Waals surface area contributed by atoms with Crippen molar-refractivity contribution in [3.63, 3.8) is 0 Å². The second-order valence-electron chi connectivity index (χ2n) is 4.56. The topological polar surface area (TPSA) is 169 Å². The smallest absolute Gasteiger partial charge is 0.373 e. The highest BCUT2D eigenvalue weighted by Crippen LogP contribution is 2.66. The molecule has 0 aromatic rings. The molecule has 1 fully saturated rings. The third-order valence-corrected chi connectivity index (χ3v) is 6.49.